The lowest BCUT2D eigenvalue weighted by atomic mass is 10.2. The van der Waals surface area contributed by atoms with Crippen LogP contribution in [0.3, 0.4) is 0 Å². The highest BCUT2D eigenvalue weighted by atomic mass is 32.2. The summed E-state index contributed by atoms with van der Waals surface area (Å²) < 4.78 is 5.13. The van der Waals surface area contributed by atoms with Gasteiger partial charge in [0.05, 0.1) is 7.11 Å². The lowest BCUT2D eigenvalue weighted by Crippen LogP contribution is -1.90. The number of nitrogen functional groups attached to an aromatic ring is 1. The monoisotopic (exact) mass is 259 g/mol. The fourth-order valence-corrected chi connectivity index (χ4v) is 2.54. The molecule has 0 saturated heterocycles. The second kappa shape index (κ2) is 6.36. The first-order chi connectivity index (χ1) is 8.78. The van der Waals surface area contributed by atoms with Gasteiger partial charge in [-0.2, -0.15) is 0 Å². The molecule has 0 aliphatic rings. The van der Waals surface area contributed by atoms with E-state index in [9.17, 15) is 0 Å². The van der Waals surface area contributed by atoms with E-state index in [1.807, 2.05) is 36.0 Å². The van der Waals surface area contributed by atoms with Crippen molar-refractivity contribution in [3.05, 3.63) is 54.1 Å². The molecule has 94 valence electrons. The van der Waals surface area contributed by atoms with Crippen LogP contribution in [0.15, 0.2) is 53.4 Å². The topological polar surface area (TPSA) is 35.2 Å². The smallest absolute Gasteiger partial charge is 0.118 e. The number of hydrogen-bond donors (Lipinski definition) is 1. The molecule has 0 spiro atoms. The maximum atomic E-state index is 5.66. The Morgan fingerprint density at radius 3 is 2.28 bits per heavy atom. The fraction of sp³-hybridized carbons (Fsp3) is 0.200. The predicted octanol–water partition coefficient (Wildman–Crippen LogP) is 3.61. The second-order valence-electron chi connectivity index (χ2n) is 4.02. The van der Waals surface area contributed by atoms with Crippen molar-refractivity contribution in [3.8, 4) is 5.75 Å². The molecule has 0 atom stereocenters. The second-order valence-corrected chi connectivity index (χ2v) is 5.18. The lowest BCUT2D eigenvalue weighted by molar-refractivity contribution is 0.414. The Balaban J connectivity index is 1.82. The van der Waals surface area contributed by atoms with Crippen LogP contribution >= 0.6 is 11.8 Å². The molecule has 0 radical (unpaired) electrons. The summed E-state index contributed by atoms with van der Waals surface area (Å²) in [5.41, 5.74) is 7.80. The van der Waals surface area contributed by atoms with E-state index in [1.54, 1.807) is 7.11 Å². The number of anilines is 1. The molecule has 2 nitrogen and oxygen atoms in total. The molecule has 2 rings (SSSR count). The van der Waals surface area contributed by atoms with E-state index in [-0.39, 0.29) is 0 Å². The summed E-state index contributed by atoms with van der Waals surface area (Å²) in [6.07, 6.45) is 1.05. The van der Waals surface area contributed by atoms with Gasteiger partial charge in [-0.05, 0) is 48.4 Å². The van der Waals surface area contributed by atoms with E-state index in [2.05, 4.69) is 24.3 Å². The zero-order valence-electron chi connectivity index (χ0n) is 10.4. The minimum absolute atomic E-state index is 0.821. The molecule has 0 bridgehead atoms. The number of nitrogens with two attached hydrogens (primary N) is 1. The first-order valence-corrected chi connectivity index (χ1v) is 6.88. The SMILES string of the molecule is COc1ccc(SCCc2ccc(N)cc2)cc1. The van der Waals surface area contributed by atoms with Crippen LogP contribution in [0.4, 0.5) is 5.69 Å². The van der Waals surface area contributed by atoms with E-state index >= 15 is 0 Å². The van der Waals surface area contributed by atoms with E-state index in [4.69, 9.17) is 10.5 Å². The summed E-state index contributed by atoms with van der Waals surface area (Å²) in [5.74, 6) is 1.97. The molecule has 18 heavy (non-hydrogen) atoms. The Kier molecular flexibility index (Phi) is 4.53. The van der Waals surface area contributed by atoms with Crippen molar-refractivity contribution in [1.29, 1.82) is 0 Å². The molecule has 0 saturated carbocycles. The highest BCUT2D eigenvalue weighted by Crippen LogP contribution is 2.22. The molecular formula is C15H17NOS. The van der Waals surface area contributed by atoms with E-state index in [1.165, 1.54) is 10.5 Å². The molecule has 0 aliphatic carbocycles. The van der Waals surface area contributed by atoms with Gasteiger partial charge in [-0.3, -0.25) is 0 Å². The van der Waals surface area contributed by atoms with Crippen LogP contribution in [0.5, 0.6) is 5.75 Å². The number of methoxy groups -OCH3 is 1. The molecule has 0 amide bonds. The lowest BCUT2D eigenvalue weighted by Gasteiger charge is -2.04. The van der Waals surface area contributed by atoms with Gasteiger partial charge in [-0.15, -0.1) is 11.8 Å². The third kappa shape index (κ3) is 3.70. The van der Waals surface area contributed by atoms with Crippen molar-refractivity contribution < 1.29 is 4.74 Å². The number of benzene rings is 2. The number of ether oxygens (including phenoxy) is 1. The fourth-order valence-electron chi connectivity index (χ4n) is 1.64. The maximum absolute atomic E-state index is 5.66. The van der Waals surface area contributed by atoms with Gasteiger partial charge in [0.15, 0.2) is 0 Å². The Labute approximate surface area is 112 Å². The molecule has 0 aromatic heterocycles. The van der Waals surface area contributed by atoms with Gasteiger partial charge < -0.3 is 10.5 Å². The van der Waals surface area contributed by atoms with Crippen molar-refractivity contribution in [1.82, 2.24) is 0 Å². The highest BCUT2D eigenvalue weighted by Gasteiger charge is 1.97. The third-order valence-corrected chi connectivity index (χ3v) is 3.71. The van der Waals surface area contributed by atoms with Gasteiger partial charge in [0.1, 0.15) is 5.75 Å². The predicted molar refractivity (Wildman–Crippen MR) is 78.3 cm³/mol. The Bertz CT molecular complexity index is 479. The van der Waals surface area contributed by atoms with Gasteiger partial charge in [0, 0.05) is 16.3 Å². The average molecular weight is 259 g/mol. The molecule has 2 aromatic rings. The molecule has 2 aromatic carbocycles. The highest BCUT2D eigenvalue weighted by molar-refractivity contribution is 7.99. The normalized spacial score (nSPS) is 10.3. The standard InChI is InChI=1S/C15H17NOS/c1-17-14-6-8-15(9-7-14)18-11-10-12-2-4-13(16)5-3-12/h2-9H,10-11,16H2,1H3. The van der Waals surface area contributed by atoms with Crippen LogP contribution in [-0.2, 0) is 6.42 Å². The van der Waals surface area contributed by atoms with Crippen LogP contribution in [0.1, 0.15) is 5.56 Å². The quantitative estimate of drug-likeness (QED) is 0.658. The molecule has 3 heteroatoms. The molecule has 2 N–H and O–H groups in total. The van der Waals surface area contributed by atoms with Crippen molar-refractivity contribution in [2.24, 2.45) is 0 Å². The van der Waals surface area contributed by atoms with Crippen LogP contribution in [-0.4, -0.2) is 12.9 Å². The number of hydrogen-bond acceptors (Lipinski definition) is 3. The van der Waals surface area contributed by atoms with Crippen LogP contribution in [0.25, 0.3) is 0 Å². The molecule has 0 unspecified atom stereocenters. The summed E-state index contributed by atoms with van der Waals surface area (Å²) in [6, 6.07) is 16.2. The Hall–Kier alpha value is -1.61. The van der Waals surface area contributed by atoms with Crippen LogP contribution in [0.2, 0.25) is 0 Å². The van der Waals surface area contributed by atoms with E-state index in [0.717, 1.165) is 23.6 Å². The van der Waals surface area contributed by atoms with Crippen molar-refractivity contribution in [2.75, 3.05) is 18.6 Å². The minimum Gasteiger partial charge on any atom is -0.497 e. The van der Waals surface area contributed by atoms with E-state index < -0.39 is 0 Å². The Morgan fingerprint density at radius 1 is 1.00 bits per heavy atom. The number of aryl methyl sites for hydroxylation is 1. The summed E-state index contributed by atoms with van der Waals surface area (Å²) in [5, 5.41) is 0. The first-order valence-electron chi connectivity index (χ1n) is 5.89. The number of thioether (sulfide) groups is 1. The van der Waals surface area contributed by atoms with Gasteiger partial charge >= 0.3 is 0 Å². The number of rotatable bonds is 5. The molecular weight excluding hydrogens is 242 g/mol. The maximum Gasteiger partial charge on any atom is 0.118 e. The van der Waals surface area contributed by atoms with Gasteiger partial charge in [-0.1, -0.05) is 12.1 Å². The van der Waals surface area contributed by atoms with Crippen LogP contribution in [0, 0.1) is 0 Å². The third-order valence-electron chi connectivity index (χ3n) is 2.70. The van der Waals surface area contributed by atoms with Crippen molar-refractivity contribution in [3.63, 3.8) is 0 Å². The van der Waals surface area contributed by atoms with Gasteiger partial charge in [-0.25, -0.2) is 0 Å². The van der Waals surface area contributed by atoms with E-state index in [0.29, 0.717) is 0 Å². The average Bonchev–Trinajstić information content (AvgIpc) is 2.42. The zero-order valence-corrected chi connectivity index (χ0v) is 11.2. The summed E-state index contributed by atoms with van der Waals surface area (Å²) in [7, 11) is 1.68. The first kappa shape index (κ1) is 12.8. The summed E-state index contributed by atoms with van der Waals surface area (Å²) in [6.45, 7) is 0. The summed E-state index contributed by atoms with van der Waals surface area (Å²) in [4.78, 5) is 1.27. The molecule has 0 fully saturated rings. The van der Waals surface area contributed by atoms with Gasteiger partial charge in [0.2, 0.25) is 0 Å². The zero-order chi connectivity index (χ0) is 12.8. The Morgan fingerprint density at radius 2 is 1.67 bits per heavy atom. The van der Waals surface area contributed by atoms with Crippen molar-refractivity contribution >= 4 is 17.4 Å². The molecule has 0 aliphatic heterocycles. The summed E-state index contributed by atoms with van der Waals surface area (Å²) >= 11 is 1.85. The molecule has 0 heterocycles. The van der Waals surface area contributed by atoms with Crippen molar-refractivity contribution in [2.45, 2.75) is 11.3 Å². The minimum atomic E-state index is 0.821. The van der Waals surface area contributed by atoms with Gasteiger partial charge in [0.25, 0.3) is 0 Å². The van der Waals surface area contributed by atoms with Crippen LogP contribution < -0.4 is 10.5 Å². The largest absolute Gasteiger partial charge is 0.497 e.